The third-order valence-corrected chi connectivity index (χ3v) is 3.14. The molecule has 1 aromatic heterocycles. The lowest BCUT2D eigenvalue weighted by atomic mass is 10.1. The van der Waals surface area contributed by atoms with Crippen molar-refractivity contribution in [2.75, 3.05) is 29.9 Å². The highest BCUT2D eigenvalue weighted by atomic mass is 15.2. The van der Waals surface area contributed by atoms with Gasteiger partial charge in [0.15, 0.2) is 0 Å². The summed E-state index contributed by atoms with van der Waals surface area (Å²) < 4.78 is 0. The first kappa shape index (κ1) is 12.2. The van der Waals surface area contributed by atoms with Crippen LogP contribution in [0, 0.1) is 5.92 Å². The number of piperidine rings is 1. The van der Waals surface area contributed by atoms with Gasteiger partial charge in [-0.25, -0.2) is 4.98 Å². The second-order valence-corrected chi connectivity index (χ2v) is 5.23. The van der Waals surface area contributed by atoms with Gasteiger partial charge in [0, 0.05) is 19.6 Å². The standard InChI is InChI=1S/C14H23N3/c1-12(2)10-15-13-6-7-14(16-11-13)17-8-4-3-5-9-17/h6-7,11-12,15H,3-5,8-10H2,1-2H3. The Hall–Kier alpha value is -1.25. The number of anilines is 2. The van der Waals surface area contributed by atoms with E-state index in [1.54, 1.807) is 0 Å². The molecule has 3 nitrogen and oxygen atoms in total. The van der Waals surface area contributed by atoms with Crippen molar-refractivity contribution >= 4 is 11.5 Å². The van der Waals surface area contributed by atoms with Gasteiger partial charge in [-0.1, -0.05) is 13.8 Å². The van der Waals surface area contributed by atoms with E-state index < -0.39 is 0 Å². The summed E-state index contributed by atoms with van der Waals surface area (Å²) in [5.74, 6) is 1.79. The summed E-state index contributed by atoms with van der Waals surface area (Å²) in [5, 5.41) is 3.39. The number of nitrogens with zero attached hydrogens (tertiary/aromatic N) is 2. The number of hydrogen-bond acceptors (Lipinski definition) is 3. The number of rotatable bonds is 4. The van der Waals surface area contributed by atoms with Gasteiger partial charge in [0.05, 0.1) is 11.9 Å². The van der Waals surface area contributed by atoms with Gasteiger partial charge in [0.25, 0.3) is 0 Å². The van der Waals surface area contributed by atoms with Crippen molar-refractivity contribution in [2.45, 2.75) is 33.1 Å². The van der Waals surface area contributed by atoms with Crippen molar-refractivity contribution < 1.29 is 0 Å². The number of hydrogen-bond donors (Lipinski definition) is 1. The zero-order valence-corrected chi connectivity index (χ0v) is 10.9. The van der Waals surface area contributed by atoms with Crippen LogP contribution in [-0.2, 0) is 0 Å². The van der Waals surface area contributed by atoms with E-state index in [1.165, 1.54) is 19.3 Å². The van der Waals surface area contributed by atoms with E-state index in [2.05, 4.69) is 41.2 Å². The largest absolute Gasteiger partial charge is 0.384 e. The lowest BCUT2D eigenvalue weighted by Gasteiger charge is -2.27. The van der Waals surface area contributed by atoms with Crippen molar-refractivity contribution in [3.63, 3.8) is 0 Å². The second-order valence-electron chi connectivity index (χ2n) is 5.23. The molecule has 0 aliphatic carbocycles. The van der Waals surface area contributed by atoms with E-state index in [0.717, 1.165) is 31.1 Å². The van der Waals surface area contributed by atoms with Crippen molar-refractivity contribution in [1.82, 2.24) is 4.98 Å². The van der Waals surface area contributed by atoms with E-state index in [9.17, 15) is 0 Å². The zero-order chi connectivity index (χ0) is 12.1. The summed E-state index contributed by atoms with van der Waals surface area (Å²) in [7, 11) is 0. The van der Waals surface area contributed by atoms with E-state index in [-0.39, 0.29) is 0 Å². The first-order valence-corrected chi connectivity index (χ1v) is 6.70. The highest BCUT2D eigenvalue weighted by Gasteiger charge is 2.11. The lowest BCUT2D eigenvalue weighted by Crippen LogP contribution is -2.30. The van der Waals surface area contributed by atoms with Crippen LogP contribution in [0.3, 0.4) is 0 Å². The Morgan fingerprint density at radius 1 is 1.24 bits per heavy atom. The van der Waals surface area contributed by atoms with Crippen LogP contribution in [0.2, 0.25) is 0 Å². The van der Waals surface area contributed by atoms with Crippen LogP contribution in [0.25, 0.3) is 0 Å². The molecule has 0 unspecified atom stereocenters. The van der Waals surface area contributed by atoms with E-state index >= 15 is 0 Å². The molecular formula is C14H23N3. The predicted molar refractivity (Wildman–Crippen MR) is 73.6 cm³/mol. The first-order chi connectivity index (χ1) is 8.25. The molecule has 0 spiro atoms. The van der Waals surface area contributed by atoms with Gasteiger partial charge < -0.3 is 10.2 Å². The summed E-state index contributed by atoms with van der Waals surface area (Å²) in [4.78, 5) is 6.93. The molecule has 2 heterocycles. The average molecular weight is 233 g/mol. The molecule has 94 valence electrons. The Morgan fingerprint density at radius 2 is 2.00 bits per heavy atom. The monoisotopic (exact) mass is 233 g/mol. The molecule has 0 aromatic carbocycles. The van der Waals surface area contributed by atoms with Crippen LogP contribution < -0.4 is 10.2 Å². The molecule has 0 amide bonds. The number of nitrogens with one attached hydrogen (secondary N) is 1. The molecule has 0 saturated carbocycles. The maximum atomic E-state index is 4.54. The van der Waals surface area contributed by atoms with Gasteiger partial charge in [-0.15, -0.1) is 0 Å². The highest BCUT2D eigenvalue weighted by Crippen LogP contribution is 2.18. The number of aromatic nitrogens is 1. The average Bonchev–Trinajstić information content (AvgIpc) is 2.38. The first-order valence-electron chi connectivity index (χ1n) is 6.70. The van der Waals surface area contributed by atoms with Crippen LogP contribution in [0.5, 0.6) is 0 Å². The molecular weight excluding hydrogens is 210 g/mol. The summed E-state index contributed by atoms with van der Waals surface area (Å²) in [6, 6.07) is 4.27. The Bertz CT molecular complexity index is 326. The van der Waals surface area contributed by atoms with E-state index in [0.29, 0.717) is 5.92 Å². The van der Waals surface area contributed by atoms with E-state index in [4.69, 9.17) is 0 Å². The minimum Gasteiger partial charge on any atom is -0.384 e. The van der Waals surface area contributed by atoms with Crippen LogP contribution in [-0.4, -0.2) is 24.6 Å². The molecule has 0 bridgehead atoms. The normalized spacial score (nSPS) is 16.3. The molecule has 17 heavy (non-hydrogen) atoms. The molecule has 1 aliphatic heterocycles. The minimum absolute atomic E-state index is 0.664. The van der Waals surface area contributed by atoms with Gasteiger partial charge >= 0.3 is 0 Å². The van der Waals surface area contributed by atoms with Gasteiger partial charge in [0.1, 0.15) is 5.82 Å². The topological polar surface area (TPSA) is 28.2 Å². The maximum absolute atomic E-state index is 4.54. The third-order valence-electron chi connectivity index (χ3n) is 3.14. The SMILES string of the molecule is CC(C)CNc1ccc(N2CCCCC2)nc1. The summed E-state index contributed by atoms with van der Waals surface area (Å²) in [6.07, 6.45) is 5.92. The Balaban J connectivity index is 1.92. The van der Waals surface area contributed by atoms with Gasteiger partial charge in [-0.2, -0.15) is 0 Å². The van der Waals surface area contributed by atoms with Gasteiger partial charge in [-0.05, 0) is 37.3 Å². The highest BCUT2D eigenvalue weighted by molar-refractivity contribution is 5.48. The summed E-state index contributed by atoms with van der Waals surface area (Å²) in [6.45, 7) is 7.74. The Labute approximate surface area is 104 Å². The fraction of sp³-hybridized carbons (Fsp3) is 0.643. The third kappa shape index (κ3) is 3.62. The molecule has 1 fully saturated rings. The van der Waals surface area contributed by atoms with Gasteiger partial charge in [0.2, 0.25) is 0 Å². The lowest BCUT2D eigenvalue weighted by molar-refractivity contribution is 0.573. The van der Waals surface area contributed by atoms with Crippen LogP contribution in [0.4, 0.5) is 11.5 Å². The van der Waals surface area contributed by atoms with Gasteiger partial charge in [-0.3, -0.25) is 0 Å². The molecule has 2 rings (SSSR count). The summed E-state index contributed by atoms with van der Waals surface area (Å²) in [5.41, 5.74) is 1.12. The minimum atomic E-state index is 0.664. The number of pyridine rings is 1. The Kier molecular flexibility index (Phi) is 4.24. The molecule has 1 N–H and O–H groups in total. The smallest absolute Gasteiger partial charge is 0.128 e. The molecule has 0 radical (unpaired) electrons. The molecule has 1 saturated heterocycles. The van der Waals surface area contributed by atoms with Crippen LogP contribution >= 0.6 is 0 Å². The zero-order valence-electron chi connectivity index (χ0n) is 10.9. The van der Waals surface area contributed by atoms with Crippen LogP contribution in [0.1, 0.15) is 33.1 Å². The van der Waals surface area contributed by atoms with Crippen LogP contribution in [0.15, 0.2) is 18.3 Å². The maximum Gasteiger partial charge on any atom is 0.128 e. The fourth-order valence-corrected chi connectivity index (χ4v) is 2.12. The van der Waals surface area contributed by atoms with Crippen molar-refractivity contribution in [1.29, 1.82) is 0 Å². The molecule has 3 heteroatoms. The predicted octanol–water partition coefficient (Wildman–Crippen LogP) is 3.14. The fourth-order valence-electron chi connectivity index (χ4n) is 2.12. The van der Waals surface area contributed by atoms with Crippen molar-refractivity contribution in [3.8, 4) is 0 Å². The van der Waals surface area contributed by atoms with Crippen molar-refractivity contribution in [3.05, 3.63) is 18.3 Å². The van der Waals surface area contributed by atoms with E-state index in [1.807, 2.05) is 6.20 Å². The van der Waals surface area contributed by atoms with Crippen molar-refractivity contribution in [2.24, 2.45) is 5.92 Å². The summed E-state index contributed by atoms with van der Waals surface area (Å²) >= 11 is 0. The Morgan fingerprint density at radius 3 is 2.59 bits per heavy atom. The molecule has 1 aliphatic rings. The quantitative estimate of drug-likeness (QED) is 0.866. The second kappa shape index (κ2) is 5.89. The molecule has 1 aromatic rings. The molecule has 0 atom stereocenters.